The smallest absolute Gasteiger partial charge is 0.137 e. The lowest BCUT2D eigenvalue weighted by Gasteiger charge is -2.14. The number of nitrogens with one attached hydrogen (secondary N) is 1. The highest BCUT2D eigenvalue weighted by atomic mass is 35.5. The molecule has 2 rings (SSSR count). The molecule has 0 amide bonds. The minimum Gasteiger partial charge on any atom is -0.495 e. The molecule has 1 fully saturated rings. The van der Waals surface area contributed by atoms with Gasteiger partial charge in [0.25, 0.3) is 0 Å². The van der Waals surface area contributed by atoms with Crippen molar-refractivity contribution in [2.45, 2.75) is 18.9 Å². The molecule has 1 aliphatic heterocycles. The van der Waals surface area contributed by atoms with Crippen LogP contribution in [0, 0.1) is 0 Å². The van der Waals surface area contributed by atoms with Gasteiger partial charge in [-0.05, 0) is 31.0 Å². The third-order valence-corrected chi connectivity index (χ3v) is 3.05. The Morgan fingerprint density at radius 1 is 1.47 bits per heavy atom. The Balaban J connectivity index is 0.00000112. The van der Waals surface area contributed by atoms with Crippen molar-refractivity contribution in [2.75, 3.05) is 13.7 Å². The van der Waals surface area contributed by atoms with E-state index in [9.17, 15) is 0 Å². The van der Waals surface area contributed by atoms with E-state index >= 15 is 0 Å². The second kappa shape index (κ2) is 5.59. The molecular weight excluding hydrogens is 233 g/mol. The number of hydrogen-bond donors (Lipinski definition) is 1. The monoisotopic (exact) mass is 247 g/mol. The van der Waals surface area contributed by atoms with Gasteiger partial charge >= 0.3 is 0 Å². The number of hydrogen-bond acceptors (Lipinski definition) is 2. The van der Waals surface area contributed by atoms with Crippen molar-refractivity contribution >= 4 is 24.0 Å². The summed E-state index contributed by atoms with van der Waals surface area (Å²) >= 11 is 6.22. The van der Waals surface area contributed by atoms with Gasteiger partial charge in [0, 0.05) is 6.04 Å². The minimum absolute atomic E-state index is 0. The second-order valence-electron chi connectivity index (χ2n) is 3.51. The van der Waals surface area contributed by atoms with Crippen molar-refractivity contribution in [3.05, 3.63) is 28.8 Å². The average Bonchev–Trinajstić information content (AvgIpc) is 2.71. The van der Waals surface area contributed by atoms with E-state index in [1.807, 2.05) is 12.1 Å². The third kappa shape index (κ3) is 2.57. The molecule has 2 nitrogen and oxygen atoms in total. The second-order valence-corrected chi connectivity index (χ2v) is 3.89. The lowest BCUT2D eigenvalue weighted by Crippen LogP contribution is -2.13. The maximum Gasteiger partial charge on any atom is 0.137 e. The maximum atomic E-state index is 6.22. The van der Waals surface area contributed by atoms with E-state index in [0.717, 1.165) is 29.3 Å². The van der Waals surface area contributed by atoms with Gasteiger partial charge in [0.05, 0.1) is 12.1 Å². The van der Waals surface area contributed by atoms with Gasteiger partial charge in [-0.2, -0.15) is 0 Å². The zero-order valence-electron chi connectivity index (χ0n) is 8.63. The van der Waals surface area contributed by atoms with Gasteiger partial charge < -0.3 is 10.1 Å². The molecule has 0 unspecified atom stereocenters. The fourth-order valence-corrected chi connectivity index (χ4v) is 2.24. The van der Waals surface area contributed by atoms with Gasteiger partial charge in [0.2, 0.25) is 0 Å². The van der Waals surface area contributed by atoms with Crippen LogP contribution in [0.15, 0.2) is 18.2 Å². The van der Waals surface area contributed by atoms with Crippen molar-refractivity contribution in [3.63, 3.8) is 0 Å². The number of rotatable bonds is 2. The van der Waals surface area contributed by atoms with E-state index in [1.165, 1.54) is 6.42 Å². The molecule has 0 bridgehead atoms. The first-order chi connectivity index (χ1) is 6.83. The quantitative estimate of drug-likeness (QED) is 0.867. The predicted octanol–water partition coefficient (Wildman–Crippen LogP) is 3.19. The van der Waals surface area contributed by atoms with E-state index in [0.29, 0.717) is 6.04 Å². The van der Waals surface area contributed by atoms with Crippen LogP contribution in [-0.2, 0) is 0 Å². The van der Waals surface area contributed by atoms with Crippen LogP contribution in [0.25, 0.3) is 0 Å². The highest BCUT2D eigenvalue weighted by Crippen LogP contribution is 2.34. The molecule has 15 heavy (non-hydrogen) atoms. The summed E-state index contributed by atoms with van der Waals surface area (Å²) in [5.74, 6) is 0.762. The Morgan fingerprint density at radius 3 is 2.87 bits per heavy atom. The first-order valence-corrected chi connectivity index (χ1v) is 5.26. The summed E-state index contributed by atoms with van der Waals surface area (Å²) in [4.78, 5) is 0. The zero-order chi connectivity index (χ0) is 9.97. The molecule has 0 saturated carbocycles. The minimum atomic E-state index is 0. The van der Waals surface area contributed by atoms with Gasteiger partial charge in [-0.3, -0.25) is 0 Å². The van der Waals surface area contributed by atoms with E-state index in [2.05, 4.69) is 11.4 Å². The number of methoxy groups -OCH3 is 1. The summed E-state index contributed by atoms with van der Waals surface area (Å²) in [5.41, 5.74) is 1.16. The van der Waals surface area contributed by atoms with Crippen LogP contribution in [0.3, 0.4) is 0 Å². The average molecular weight is 248 g/mol. The van der Waals surface area contributed by atoms with E-state index in [-0.39, 0.29) is 12.4 Å². The van der Waals surface area contributed by atoms with E-state index in [1.54, 1.807) is 7.11 Å². The number of benzene rings is 1. The molecule has 1 aromatic rings. The van der Waals surface area contributed by atoms with Crippen LogP contribution in [0.4, 0.5) is 0 Å². The molecule has 0 aliphatic carbocycles. The van der Waals surface area contributed by atoms with Crippen molar-refractivity contribution in [2.24, 2.45) is 0 Å². The summed E-state index contributed by atoms with van der Waals surface area (Å²) in [6.07, 6.45) is 2.38. The third-order valence-electron chi connectivity index (χ3n) is 2.65. The largest absolute Gasteiger partial charge is 0.495 e. The standard InChI is InChI=1S/C11H14ClNO.ClH/c1-14-10-6-2-4-8(11(10)12)9-5-3-7-13-9;/h2,4,6,9,13H,3,5,7H2,1H3;1H/t9-;/m0./s1. The van der Waals surface area contributed by atoms with Crippen molar-refractivity contribution in [1.82, 2.24) is 5.32 Å². The zero-order valence-corrected chi connectivity index (χ0v) is 10.2. The highest BCUT2D eigenvalue weighted by molar-refractivity contribution is 6.32. The molecule has 4 heteroatoms. The Kier molecular flexibility index (Phi) is 4.71. The summed E-state index contributed by atoms with van der Waals surface area (Å²) in [6.45, 7) is 1.08. The molecule has 1 saturated heterocycles. The van der Waals surface area contributed by atoms with Crippen LogP contribution >= 0.6 is 24.0 Å². The van der Waals surface area contributed by atoms with Gasteiger partial charge in [-0.15, -0.1) is 12.4 Å². The molecule has 0 aromatic heterocycles. The fourth-order valence-electron chi connectivity index (χ4n) is 1.90. The summed E-state index contributed by atoms with van der Waals surface area (Å²) in [6, 6.07) is 6.34. The van der Waals surface area contributed by atoms with Crippen LogP contribution in [-0.4, -0.2) is 13.7 Å². The van der Waals surface area contributed by atoms with Crippen molar-refractivity contribution in [1.29, 1.82) is 0 Å². The lowest BCUT2D eigenvalue weighted by atomic mass is 10.1. The fraction of sp³-hybridized carbons (Fsp3) is 0.455. The lowest BCUT2D eigenvalue weighted by molar-refractivity contribution is 0.414. The van der Waals surface area contributed by atoms with E-state index < -0.39 is 0 Å². The van der Waals surface area contributed by atoms with Crippen molar-refractivity contribution in [3.8, 4) is 5.75 Å². The topological polar surface area (TPSA) is 21.3 Å². The Bertz CT molecular complexity index is 324. The first kappa shape index (κ1) is 12.6. The van der Waals surface area contributed by atoms with Gasteiger partial charge in [-0.1, -0.05) is 23.7 Å². The van der Waals surface area contributed by atoms with E-state index in [4.69, 9.17) is 16.3 Å². The SMILES string of the molecule is COc1cccc([C@@H]2CCCN2)c1Cl.Cl. The molecule has 1 heterocycles. The summed E-state index contributed by atoms with van der Waals surface area (Å²) in [7, 11) is 1.65. The Morgan fingerprint density at radius 2 is 2.27 bits per heavy atom. The maximum absolute atomic E-state index is 6.22. The predicted molar refractivity (Wildman–Crippen MR) is 65.2 cm³/mol. The van der Waals surface area contributed by atoms with Crippen LogP contribution in [0.5, 0.6) is 5.75 Å². The Hall–Kier alpha value is -0.440. The van der Waals surface area contributed by atoms with Crippen LogP contribution < -0.4 is 10.1 Å². The first-order valence-electron chi connectivity index (χ1n) is 4.88. The molecular formula is C11H15Cl2NO. The van der Waals surface area contributed by atoms with Crippen LogP contribution in [0.1, 0.15) is 24.4 Å². The summed E-state index contributed by atoms with van der Waals surface area (Å²) in [5, 5.41) is 4.17. The van der Waals surface area contributed by atoms with Crippen molar-refractivity contribution < 1.29 is 4.74 Å². The van der Waals surface area contributed by atoms with Gasteiger partial charge in [-0.25, -0.2) is 0 Å². The van der Waals surface area contributed by atoms with Gasteiger partial charge in [0.1, 0.15) is 5.75 Å². The summed E-state index contributed by atoms with van der Waals surface area (Å²) < 4.78 is 5.19. The molecule has 0 radical (unpaired) electrons. The molecule has 1 atom stereocenters. The van der Waals surface area contributed by atoms with Crippen LogP contribution in [0.2, 0.25) is 5.02 Å². The number of halogens is 2. The molecule has 84 valence electrons. The highest BCUT2D eigenvalue weighted by Gasteiger charge is 2.19. The number of ether oxygens (including phenoxy) is 1. The Labute approximate surface area is 101 Å². The normalized spacial score (nSPS) is 19.7. The molecule has 1 aromatic carbocycles. The molecule has 1 N–H and O–H groups in total. The molecule has 0 spiro atoms. The van der Waals surface area contributed by atoms with Gasteiger partial charge in [0.15, 0.2) is 0 Å². The molecule has 1 aliphatic rings.